The first-order chi connectivity index (χ1) is 21.5. The summed E-state index contributed by atoms with van der Waals surface area (Å²) in [6, 6.07) is 37.8. The Morgan fingerprint density at radius 3 is 1.36 bits per heavy atom. The molecule has 0 unspecified atom stereocenters. The molecule has 0 aliphatic heterocycles. The minimum absolute atomic E-state index is 0.308. The molecule has 0 atom stereocenters. The number of nitrogens with two attached hydrogens (primary N) is 1. The summed E-state index contributed by atoms with van der Waals surface area (Å²) in [4.78, 5) is 25.2. The van der Waals surface area contributed by atoms with Gasteiger partial charge in [0.2, 0.25) is 0 Å². The Labute approximate surface area is 264 Å². The van der Waals surface area contributed by atoms with Gasteiger partial charge in [-0.05, 0) is 95.1 Å². The lowest BCUT2D eigenvalue weighted by Crippen LogP contribution is -2.23. The van der Waals surface area contributed by atoms with E-state index >= 15 is 0 Å². The SMILES string of the molecule is CNc1ccc(C(=O)Oc2ccc(C(C)(C)c3cccc(C(C)(C)c4ccc(OC(=O)c5ccc(N)cc5)cc4)c3)cc2)cc1. The van der Waals surface area contributed by atoms with Crippen molar-refractivity contribution >= 4 is 23.3 Å². The second-order valence-corrected chi connectivity index (χ2v) is 12.1. The third kappa shape index (κ3) is 6.91. The highest BCUT2D eigenvalue weighted by molar-refractivity contribution is 5.92. The van der Waals surface area contributed by atoms with Crippen molar-refractivity contribution in [3.05, 3.63) is 155 Å². The summed E-state index contributed by atoms with van der Waals surface area (Å²) in [5.41, 5.74) is 12.1. The molecule has 0 fully saturated rings. The number of ether oxygens (including phenoxy) is 2. The van der Waals surface area contributed by atoms with E-state index in [4.69, 9.17) is 15.2 Å². The molecule has 5 rings (SSSR count). The quantitative estimate of drug-likeness (QED) is 0.101. The Morgan fingerprint density at radius 2 is 0.956 bits per heavy atom. The normalized spacial score (nSPS) is 11.5. The molecule has 0 saturated carbocycles. The summed E-state index contributed by atoms with van der Waals surface area (Å²) >= 11 is 0. The predicted octanol–water partition coefficient (Wildman–Crippen LogP) is 8.40. The lowest BCUT2D eigenvalue weighted by atomic mass is 9.73. The van der Waals surface area contributed by atoms with Gasteiger partial charge in [0.15, 0.2) is 0 Å². The summed E-state index contributed by atoms with van der Waals surface area (Å²) in [5.74, 6) is 0.150. The molecule has 0 heterocycles. The molecular weight excluding hydrogens is 560 g/mol. The fraction of sp³-hybridized carbons (Fsp3) is 0.179. The van der Waals surface area contributed by atoms with Crippen molar-refractivity contribution in [2.75, 3.05) is 18.1 Å². The molecule has 0 aliphatic carbocycles. The molecule has 6 nitrogen and oxygen atoms in total. The number of nitrogen functional groups attached to an aromatic ring is 1. The van der Waals surface area contributed by atoms with E-state index in [-0.39, 0.29) is 10.8 Å². The molecule has 0 amide bonds. The van der Waals surface area contributed by atoms with Crippen LogP contribution in [0.2, 0.25) is 0 Å². The van der Waals surface area contributed by atoms with Crippen LogP contribution in [0.4, 0.5) is 11.4 Å². The number of carbonyl (C=O) groups is 2. The summed E-state index contributed by atoms with van der Waals surface area (Å²) in [5, 5.41) is 3.04. The molecule has 6 heteroatoms. The van der Waals surface area contributed by atoms with Crippen LogP contribution in [-0.2, 0) is 10.8 Å². The van der Waals surface area contributed by atoms with Crippen LogP contribution in [0.25, 0.3) is 0 Å². The minimum Gasteiger partial charge on any atom is -0.423 e. The summed E-state index contributed by atoms with van der Waals surface area (Å²) < 4.78 is 11.2. The first kappa shape index (κ1) is 31.1. The molecule has 3 N–H and O–H groups in total. The molecule has 0 aromatic heterocycles. The van der Waals surface area contributed by atoms with Gasteiger partial charge < -0.3 is 20.5 Å². The number of hydrogen-bond donors (Lipinski definition) is 2. The van der Waals surface area contributed by atoms with Gasteiger partial charge in [-0.1, -0.05) is 76.2 Å². The maximum atomic E-state index is 12.6. The molecule has 0 aliphatic rings. The second-order valence-electron chi connectivity index (χ2n) is 12.1. The van der Waals surface area contributed by atoms with E-state index in [0.29, 0.717) is 28.3 Å². The molecule has 0 bridgehead atoms. The van der Waals surface area contributed by atoms with Gasteiger partial charge in [0, 0.05) is 29.3 Å². The largest absolute Gasteiger partial charge is 0.423 e. The van der Waals surface area contributed by atoms with E-state index < -0.39 is 11.9 Å². The van der Waals surface area contributed by atoms with Crippen molar-refractivity contribution in [2.24, 2.45) is 0 Å². The topological polar surface area (TPSA) is 90.6 Å². The van der Waals surface area contributed by atoms with Gasteiger partial charge in [-0.3, -0.25) is 0 Å². The highest BCUT2D eigenvalue weighted by atomic mass is 16.5. The van der Waals surface area contributed by atoms with Crippen molar-refractivity contribution in [3.8, 4) is 11.5 Å². The fourth-order valence-electron chi connectivity index (χ4n) is 5.23. The number of esters is 2. The molecule has 5 aromatic carbocycles. The molecule has 0 saturated heterocycles. The third-order valence-electron chi connectivity index (χ3n) is 8.43. The number of rotatable bonds is 9. The lowest BCUT2D eigenvalue weighted by molar-refractivity contribution is 0.0725. The number of anilines is 2. The first-order valence-corrected chi connectivity index (χ1v) is 14.9. The zero-order valence-electron chi connectivity index (χ0n) is 26.3. The molecule has 45 heavy (non-hydrogen) atoms. The molecule has 0 spiro atoms. The number of nitrogens with one attached hydrogen (secondary N) is 1. The second kappa shape index (κ2) is 12.7. The van der Waals surface area contributed by atoms with Crippen LogP contribution in [0.1, 0.15) is 70.7 Å². The zero-order valence-corrected chi connectivity index (χ0v) is 26.3. The lowest BCUT2D eigenvalue weighted by Gasteiger charge is -2.31. The van der Waals surface area contributed by atoms with Crippen LogP contribution in [0.5, 0.6) is 11.5 Å². The van der Waals surface area contributed by atoms with Crippen LogP contribution in [0, 0.1) is 0 Å². The minimum atomic E-state index is -0.428. The van der Waals surface area contributed by atoms with Gasteiger partial charge in [-0.2, -0.15) is 0 Å². The Bertz CT molecular complexity index is 1790. The van der Waals surface area contributed by atoms with Gasteiger partial charge in [0.05, 0.1) is 11.1 Å². The Kier molecular flexibility index (Phi) is 8.77. The zero-order chi connectivity index (χ0) is 32.2. The average Bonchev–Trinajstić information content (AvgIpc) is 3.05. The Hall–Kier alpha value is -5.36. The van der Waals surface area contributed by atoms with Crippen molar-refractivity contribution in [1.29, 1.82) is 0 Å². The highest BCUT2D eigenvalue weighted by Crippen LogP contribution is 2.38. The molecule has 0 radical (unpaired) electrons. The molecular formula is C39H38N2O4. The van der Waals surface area contributed by atoms with Gasteiger partial charge in [-0.15, -0.1) is 0 Å². The third-order valence-corrected chi connectivity index (χ3v) is 8.43. The van der Waals surface area contributed by atoms with E-state index in [9.17, 15) is 9.59 Å². The van der Waals surface area contributed by atoms with Gasteiger partial charge >= 0.3 is 11.9 Å². The highest BCUT2D eigenvalue weighted by Gasteiger charge is 2.28. The number of hydrogen-bond acceptors (Lipinski definition) is 6. The summed E-state index contributed by atoms with van der Waals surface area (Å²) in [6.45, 7) is 8.75. The molecule has 228 valence electrons. The van der Waals surface area contributed by atoms with Crippen molar-refractivity contribution < 1.29 is 19.1 Å². The smallest absolute Gasteiger partial charge is 0.343 e. The predicted molar refractivity (Wildman–Crippen MR) is 180 cm³/mol. The Balaban J connectivity index is 1.29. The van der Waals surface area contributed by atoms with E-state index in [0.717, 1.165) is 27.9 Å². The van der Waals surface area contributed by atoms with Crippen LogP contribution in [0.3, 0.4) is 0 Å². The van der Waals surface area contributed by atoms with E-state index in [2.05, 4.69) is 57.3 Å². The number of carbonyl (C=O) groups excluding carboxylic acids is 2. The van der Waals surface area contributed by atoms with Crippen LogP contribution in [0.15, 0.2) is 121 Å². The van der Waals surface area contributed by atoms with Crippen molar-refractivity contribution in [3.63, 3.8) is 0 Å². The van der Waals surface area contributed by atoms with Crippen LogP contribution >= 0.6 is 0 Å². The average molecular weight is 599 g/mol. The summed E-state index contributed by atoms with van der Waals surface area (Å²) in [7, 11) is 1.83. The standard InChI is InChI=1S/C39H38N2O4/c1-38(2,28-13-21-34(22-14-28)44-36(42)26-9-17-32(40)18-10-26)30-7-6-8-31(25-30)39(3,4)29-15-23-35(24-16-29)45-37(43)27-11-19-33(41-5)20-12-27/h6-25,41H,40H2,1-5H3. The van der Waals surface area contributed by atoms with Gasteiger partial charge in [0.25, 0.3) is 0 Å². The Morgan fingerprint density at radius 1 is 0.556 bits per heavy atom. The van der Waals surface area contributed by atoms with Crippen molar-refractivity contribution in [1.82, 2.24) is 0 Å². The summed E-state index contributed by atoms with van der Waals surface area (Å²) in [6.07, 6.45) is 0. The van der Waals surface area contributed by atoms with Crippen LogP contribution < -0.4 is 20.5 Å². The maximum Gasteiger partial charge on any atom is 0.343 e. The monoisotopic (exact) mass is 598 g/mol. The molecule has 5 aromatic rings. The van der Waals surface area contributed by atoms with E-state index in [1.54, 1.807) is 36.4 Å². The van der Waals surface area contributed by atoms with Crippen LogP contribution in [-0.4, -0.2) is 19.0 Å². The van der Waals surface area contributed by atoms with Crippen molar-refractivity contribution in [2.45, 2.75) is 38.5 Å². The first-order valence-electron chi connectivity index (χ1n) is 14.9. The van der Waals surface area contributed by atoms with Gasteiger partial charge in [0.1, 0.15) is 11.5 Å². The maximum absolute atomic E-state index is 12.6. The number of benzene rings is 5. The van der Waals surface area contributed by atoms with E-state index in [1.807, 2.05) is 67.7 Å². The van der Waals surface area contributed by atoms with E-state index in [1.165, 1.54) is 0 Å². The fourth-order valence-corrected chi connectivity index (χ4v) is 5.23. The van der Waals surface area contributed by atoms with Gasteiger partial charge in [-0.25, -0.2) is 9.59 Å².